The molecular formula is C17H26N2. The Morgan fingerprint density at radius 2 is 2.21 bits per heavy atom. The standard InChI is InChI=1S/C17H26N2/c1-2-4-12-5-3-6-15(9-12)17(19-18)16-11-13-7-8-14(16)10-13/h3,5-6,9,13-14,16-17,19H,2,4,7-8,10-11,18H2,1H3. The predicted molar refractivity (Wildman–Crippen MR) is 79.4 cm³/mol. The molecule has 0 spiro atoms. The van der Waals surface area contributed by atoms with Crippen molar-refractivity contribution in [3.8, 4) is 0 Å². The molecule has 0 aliphatic heterocycles. The van der Waals surface area contributed by atoms with Gasteiger partial charge in [-0.05, 0) is 54.6 Å². The fourth-order valence-electron chi connectivity index (χ4n) is 4.40. The summed E-state index contributed by atoms with van der Waals surface area (Å²) in [6.45, 7) is 2.24. The van der Waals surface area contributed by atoms with E-state index >= 15 is 0 Å². The van der Waals surface area contributed by atoms with Crippen LogP contribution in [0.15, 0.2) is 24.3 Å². The molecule has 0 aromatic heterocycles. The summed E-state index contributed by atoms with van der Waals surface area (Å²) >= 11 is 0. The highest BCUT2D eigenvalue weighted by molar-refractivity contribution is 5.27. The molecule has 0 amide bonds. The van der Waals surface area contributed by atoms with Crippen molar-refractivity contribution in [1.82, 2.24) is 5.43 Å². The van der Waals surface area contributed by atoms with Crippen molar-refractivity contribution in [3.05, 3.63) is 35.4 Å². The fourth-order valence-corrected chi connectivity index (χ4v) is 4.40. The third-order valence-corrected chi connectivity index (χ3v) is 5.25. The number of fused-ring (bicyclic) bond motifs is 2. The molecule has 3 N–H and O–H groups in total. The first kappa shape index (κ1) is 13.1. The number of benzene rings is 1. The Labute approximate surface area is 116 Å². The van der Waals surface area contributed by atoms with Crippen LogP contribution in [0.2, 0.25) is 0 Å². The summed E-state index contributed by atoms with van der Waals surface area (Å²) in [7, 11) is 0. The molecule has 0 heterocycles. The van der Waals surface area contributed by atoms with Crippen LogP contribution in [0.25, 0.3) is 0 Å². The molecule has 0 saturated heterocycles. The minimum Gasteiger partial charge on any atom is -0.271 e. The van der Waals surface area contributed by atoms with Gasteiger partial charge < -0.3 is 0 Å². The second-order valence-electron chi connectivity index (χ2n) is 6.48. The van der Waals surface area contributed by atoms with E-state index in [0.717, 1.165) is 17.8 Å². The number of hydrogen-bond donors (Lipinski definition) is 2. The average Bonchev–Trinajstić information content (AvgIpc) is 3.03. The van der Waals surface area contributed by atoms with E-state index in [9.17, 15) is 0 Å². The van der Waals surface area contributed by atoms with Gasteiger partial charge >= 0.3 is 0 Å². The van der Waals surface area contributed by atoms with E-state index < -0.39 is 0 Å². The van der Waals surface area contributed by atoms with Crippen LogP contribution >= 0.6 is 0 Å². The first-order chi connectivity index (χ1) is 9.31. The van der Waals surface area contributed by atoms with Gasteiger partial charge in [0, 0.05) is 6.04 Å². The smallest absolute Gasteiger partial charge is 0.0490 e. The lowest BCUT2D eigenvalue weighted by Gasteiger charge is -2.30. The van der Waals surface area contributed by atoms with Crippen LogP contribution in [-0.2, 0) is 6.42 Å². The Morgan fingerprint density at radius 1 is 1.32 bits per heavy atom. The highest BCUT2D eigenvalue weighted by Crippen LogP contribution is 2.52. The first-order valence-electron chi connectivity index (χ1n) is 7.86. The van der Waals surface area contributed by atoms with E-state index in [1.165, 1.54) is 49.7 Å². The maximum Gasteiger partial charge on any atom is 0.0490 e. The fraction of sp³-hybridized carbons (Fsp3) is 0.647. The second kappa shape index (κ2) is 5.64. The van der Waals surface area contributed by atoms with E-state index in [-0.39, 0.29) is 0 Å². The van der Waals surface area contributed by atoms with E-state index in [1.807, 2.05) is 0 Å². The van der Waals surface area contributed by atoms with Crippen LogP contribution < -0.4 is 11.3 Å². The zero-order valence-corrected chi connectivity index (χ0v) is 11.9. The molecular weight excluding hydrogens is 232 g/mol. The summed E-state index contributed by atoms with van der Waals surface area (Å²) < 4.78 is 0. The molecule has 2 bridgehead atoms. The Bertz CT molecular complexity index is 429. The zero-order valence-electron chi connectivity index (χ0n) is 11.9. The zero-order chi connectivity index (χ0) is 13.2. The third kappa shape index (κ3) is 2.56. The van der Waals surface area contributed by atoms with Gasteiger partial charge in [-0.15, -0.1) is 0 Å². The summed E-state index contributed by atoms with van der Waals surface area (Å²) in [5, 5.41) is 0. The number of nitrogens with two attached hydrogens (primary N) is 1. The van der Waals surface area contributed by atoms with Crippen LogP contribution in [0.1, 0.15) is 56.2 Å². The molecule has 1 aromatic rings. The minimum atomic E-state index is 0.354. The molecule has 2 fully saturated rings. The third-order valence-electron chi connectivity index (χ3n) is 5.25. The Morgan fingerprint density at radius 3 is 2.84 bits per heavy atom. The van der Waals surface area contributed by atoms with Gasteiger partial charge in [-0.25, -0.2) is 0 Å². The van der Waals surface area contributed by atoms with Crippen molar-refractivity contribution in [2.24, 2.45) is 23.6 Å². The largest absolute Gasteiger partial charge is 0.271 e. The maximum absolute atomic E-state index is 5.89. The Balaban J connectivity index is 1.80. The lowest BCUT2D eigenvalue weighted by Crippen LogP contribution is -2.35. The lowest BCUT2D eigenvalue weighted by atomic mass is 9.80. The molecule has 0 radical (unpaired) electrons. The normalized spacial score (nSPS) is 30.7. The molecule has 2 aliphatic rings. The van der Waals surface area contributed by atoms with Gasteiger partial charge in [0.2, 0.25) is 0 Å². The van der Waals surface area contributed by atoms with Crippen molar-refractivity contribution in [1.29, 1.82) is 0 Å². The van der Waals surface area contributed by atoms with Gasteiger partial charge in [0.05, 0.1) is 0 Å². The molecule has 104 valence electrons. The molecule has 1 aromatic carbocycles. The molecule has 4 atom stereocenters. The Kier molecular flexibility index (Phi) is 3.90. The van der Waals surface area contributed by atoms with Gasteiger partial charge in [0.25, 0.3) is 0 Å². The molecule has 19 heavy (non-hydrogen) atoms. The summed E-state index contributed by atoms with van der Waals surface area (Å²) in [5.74, 6) is 8.52. The molecule has 2 nitrogen and oxygen atoms in total. The van der Waals surface area contributed by atoms with Gasteiger partial charge in [-0.3, -0.25) is 11.3 Å². The summed E-state index contributed by atoms with van der Waals surface area (Å²) in [6.07, 6.45) is 8.06. The van der Waals surface area contributed by atoms with E-state index in [2.05, 4.69) is 36.6 Å². The number of hydrazine groups is 1. The van der Waals surface area contributed by atoms with Crippen molar-refractivity contribution in [2.75, 3.05) is 0 Å². The highest BCUT2D eigenvalue weighted by Gasteiger charge is 2.43. The summed E-state index contributed by atoms with van der Waals surface area (Å²) in [5.41, 5.74) is 5.96. The van der Waals surface area contributed by atoms with E-state index in [4.69, 9.17) is 5.84 Å². The van der Waals surface area contributed by atoms with Crippen molar-refractivity contribution in [2.45, 2.75) is 51.5 Å². The van der Waals surface area contributed by atoms with Crippen LogP contribution in [0.5, 0.6) is 0 Å². The van der Waals surface area contributed by atoms with Crippen molar-refractivity contribution in [3.63, 3.8) is 0 Å². The summed E-state index contributed by atoms with van der Waals surface area (Å²) in [4.78, 5) is 0. The predicted octanol–water partition coefficient (Wildman–Crippen LogP) is 3.58. The topological polar surface area (TPSA) is 38.0 Å². The van der Waals surface area contributed by atoms with E-state index in [0.29, 0.717) is 6.04 Å². The van der Waals surface area contributed by atoms with Crippen molar-refractivity contribution < 1.29 is 0 Å². The molecule has 3 rings (SSSR count). The molecule has 2 aliphatic carbocycles. The quantitative estimate of drug-likeness (QED) is 0.626. The van der Waals surface area contributed by atoms with Crippen LogP contribution in [-0.4, -0.2) is 0 Å². The monoisotopic (exact) mass is 258 g/mol. The molecule has 2 heteroatoms. The van der Waals surface area contributed by atoms with Gasteiger partial charge in [0.15, 0.2) is 0 Å². The first-order valence-corrected chi connectivity index (χ1v) is 7.86. The number of aryl methyl sites for hydroxylation is 1. The number of nitrogens with one attached hydrogen (secondary N) is 1. The second-order valence-corrected chi connectivity index (χ2v) is 6.48. The van der Waals surface area contributed by atoms with E-state index in [1.54, 1.807) is 0 Å². The molecule has 4 unspecified atom stereocenters. The average molecular weight is 258 g/mol. The van der Waals surface area contributed by atoms with Crippen LogP contribution in [0.4, 0.5) is 0 Å². The van der Waals surface area contributed by atoms with Gasteiger partial charge in [-0.1, -0.05) is 44.0 Å². The number of rotatable bonds is 5. The van der Waals surface area contributed by atoms with Gasteiger partial charge in [0.1, 0.15) is 0 Å². The van der Waals surface area contributed by atoms with Gasteiger partial charge in [-0.2, -0.15) is 0 Å². The summed E-state index contributed by atoms with van der Waals surface area (Å²) in [6, 6.07) is 9.39. The minimum absolute atomic E-state index is 0.354. The Hall–Kier alpha value is -0.860. The number of hydrogen-bond acceptors (Lipinski definition) is 2. The van der Waals surface area contributed by atoms with Crippen LogP contribution in [0, 0.1) is 17.8 Å². The van der Waals surface area contributed by atoms with Crippen molar-refractivity contribution >= 4 is 0 Å². The highest BCUT2D eigenvalue weighted by atomic mass is 15.2. The SMILES string of the molecule is CCCc1cccc(C(NN)C2CC3CCC2C3)c1. The molecule has 2 saturated carbocycles. The van der Waals surface area contributed by atoms with Crippen LogP contribution in [0.3, 0.4) is 0 Å². The maximum atomic E-state index is 5.89. The lowest BCUT2D eigenvalue weighted by molar-refractivity contribution is 0.252.